The molecule has 2 heterocycles. The lowest BCUT2D eigenvalue weighted by atomic mass is 9.88. The van der Waals surface area contributed by atoms with E-state index in [9.17, 15) is 9.59 Å². The topological polar surface area (TPSA) is 71.3 Å². The Labute approximate surface area is 106 Å². The predicted molar refractivity (Wildman–Crippen MR) is 66.0 cm³/mol. The Balaban J connectivity index is 2.12. The van der Waals surface area contributed by atoms with Gasteiger partial charge in [-0.25, -0.2) is 4.79 Å². The Kier molecular flexibility index (Phi) is 3.69. The summed E-state index contributed by atoms with van der Waals surface area (Å²) < 4.78 is 5.28. The van der Waals surface area contributed by atoms with Gasteiger partial charge >= 0.3 is 6.03 Å². The van der Waals surface area contributed by atoms with E-state index in [1.807, 2.05) is 6.07 Å². The molecule has 1 aromatic heterocycles. The average Bonchev–Trinajstić information content (AvgIpc) is 2.89. The number of urea groups is 1. The summed E-state index contributed by atoms with van der Waals surface area (Å²) in [6.07, 6.45) is 5.64. The third-order valence-electron chi connectivity index (χ3n) is 3.28. The number of carbonyl (C=O) groups excluding carboxylic acids is 2. The Hall–Kier alpha value is -1.78. The minimum absolute atomic E-state index is 0.250. The molecule has 0 aromatic carbocycles. The fourth-order valence-electron chi connectivity index (χ4n) is 2.30. The summed E-state index contributed by atoms with van der Waals surface area (Å²) in [6.45, 7) is 2.10. The molecule has 5 nitrogen and oxygen atoms in total. The highest BCUT2D eigenvalue weighted by Crippen LogP contribution is 2.24. The van der Waals surface area contributed by atoms with Gasteiger partial charge in [-0.1, -0.05) is 26.2 Å². The zero-order valence-corrected chi connectivity index (χ0v) is 10.5. The van der Waals surface area contributed by atoms with E-state index < -0.39 is 11.6 Å². The lowest BCUT2D eigenvalue weighted by Crippen LogP contribution is -2.48. The molecule has 5 heteroatoms. The van der Waals surface area contributed by atoms with Gasteiger partial charge in [0, 0.05) is 6.42 Å². The quantitative estimate of drug-likeness (QED) is 0.599. The van der Waals surface area contributed by atoms with E-state index in [2.05, 4.69) is 17.6 Å². The molecule has 0 bridgehead atoms. The number of carbonyl (C=O) groups is 2. The smallest absolute Gasteiger partial charge is 0.322 e. The van der Waals surface area contributed by atoms with Gasteiger partial charge in [0.1, 0.15) is 11.3 Å². The van der Waals surface area contributed by atoms with E-state index in [1.165, 1.54) is 0 Å². The first kappa shape index (κ1) is 12.7. The van der Waals surface area contributed by atoms with E-state index in [4.69, 9.17) is 4.42 Å². The van der Waals surface area contributed by atoms with Crippen LogP contribution in [0.2, 0.25) is 0 Å². The molecule has 98 valence electrons. The number of unbranched alkanes of at least 4 members (excludes halogenated alkanes) is 2. The minimum Gasteiger partial charge on any atom is -0.469 e. The number of amides is 3. The molecule has 1 saturated heterocycles. The molecule has 1 aromatic rings. The number of rotatable bonds is 6. The summed E-state index contributed by atoms with van der Waals surface area (Å²) >= 11 is 0. The molecule has 1 aliphatic rings. The maximum absolute atomic E-state index is 12.0. The number of imide groups is 1. The van der Waals surface area contributed by atoms with E-state index in [0.717, 1.165) is 19.3 Å². The van der Waals surface area contributed by atoms with Crippen molar-refractivity contribution in [3.63, 3.8) is 0 Å². The van der Waals surface area contributed by atoms with Crippen molar-refractivity contribution in [2.24, 2.45) is 0 Å². The van der Waals surface area contributed by atoms with Crippen LogP contribution in [0, 0.1) is 0 Å². The van der Waals surface area contributed by atoms with Gasteiger partial charge in [0.05, 0.1) is 6.26 Å². The van der Waals surface area contributed by atoms with Crippen molar-refractivity contribution in [3.05, 3.63) is 24.2 Å². The second-order valence-corrected chi connectivity index (χ2v) is 4.70. The van der Waals surface area contributed by atoms with Crippen molar-refractivity contribution in [1.82, 2.24) is 10.6 Å². The van der Waals surface area contributed by atoms with Crippen LogP contribution in [0.1, 0.15) is 38.4 Å². The maximum Gasteiger partial charge on any atom is 0.322 e. The second-order valence-electron chi connectivity index (χ2n) is 4.70. The first-order chi connectivity index (χ1) is 8.66. The van der Waals surface area contributed by atoms with Crippen LogP contribution in [0.15, 0.2) is 22.8 Å². The van der Waals surface area contributed by atoms with Gasteiger partial charge in [-0.3, -0.25) is 10.1 Å². The van der Waals surface area contributed by atoms with Crippen LogP contribution in [-0.4, -0.2) is 17.5 Å². The first-order valence-corrected chi connectivity index (χ1v) is 6.32. The molecule has 1 atom stereocenters. The molecular formula is C13H18N2O3. The molecule has 1 unspecified atom stereocenters. The standard InChI is InChI=1S/C13H18N2O3/c1-2-3-4-7-13(9-10-6-5-8-18-10)11(16)14-12(17)15-13/h5-6,8H,2-4,7,9H2,1H3,(H2,14,15,16,17). The lowest BCUT2D eigenvalue weighted by Gasteiger charge is -2.24. The Bertz CT molecular complexity index is 427. The molecular weight excluding hydrogens is 232 g/mol. The number of furan rings is 1. The predicted octanol–water partition coefficient (Wildman–Crippen LogP) is 1.98. The molecule has 2 N–H and O–H groups in total. The van der Waals surface area contributed by atoms with Crippen LogP contribution < -0.4 is 10.6 Å². The fourth-order valence-corrected chi connectivity index (χ4v) is 2.30. The minimum atomic E-state index is -0.843. The van der Waals surface area contributed by atoms with Gasteiger partial charge in [0.2, 0.25) is 0 Å². The summed E-state index contributed by atoms with van der Waals surface area (Å²) in [7, 11) is 0. The fraction of sp³-hybridized carbons (Fsp3) is 0.538. The summed E-state index contributed by atoms with van der Waals surface area (Å²) in [5.41, 5.74) is -0.843. The highest BCUT2D eigenvalue weighted by molar-refractivity contribution is 6.07. The Morgan fingerprint density at radius 3 is 2.72 bits per heavy atom. The van der Waals surface area contributed by atoms with E-state index >= 15 is 0 Å². The van der Waals surface area contributed by atoms with Crippen LogP contribution in [0.3, 0.4) is 0 Å². The largest absolute Gasteiger partial charge is 0.469 e. The molecule has 0 spiro atoms. The van der Waals surface area contributed by atoms with Crippen molar-refractivity contribution < 1.29 is 14.0 Å². The normalized spacial score (nSPS) is 22.9. The third kappa shape index (κ3) is 2.55. The van der Waals surface area contributed by atoms with Crippen LogP contribution in [0.4, 0.5) is 4.79 Å². The molecule has 0 radical (unpaired) electrons. The second kappa shape index (κ2) is 5.25. The zero-order chi connectivity index (χ0) is 13.0. The van der Waals surface area contributed by atoms with Crippen LogP contribution in [-0.2, 0) is 11.2 Å². The highest BCUT2D eigenvalue weighted by atomic mass is 16.3. The molecule has 0 saturated carbocycles. The monoisotopic (exact) mass is 250 g/mol. The van der Waals surface area contributed by atoms with Crippen molar-refractivity contribution >= 4 is 11.9 Å². The van der Waals surface area contributed by atoms with Gasteiger partial charge in [0.25, 0.3) is 5.91 Å². The van der Waals surface area contributed by atoms with Crippen molar-refractivity contribution in [1.29, 1.82) is 0 Å². The Morgan fingerprint density at radius 2 is 2.17 bits per heavy atom. The van der Waals surface area contributed by atoms with Crippen LogP contribution in [0.5, 0.6) is 0 Å². The summed E-state index contributed by atoms with van der Waals surface area (Å²) in [4.78, 5) is 23.3. The summed E-state index contributed by atoms with van der Waals surface area (Å²) in [6, 6.07) is 3.19. The molecule has 1 aliphatic heterocycles. The van der Waals surface area contributed by atoms with E-state index in [0.29, 0.717) is 18.6 Å². The van der Waals surface area contributed by atoms with Gasteiger partial charge in [-0.05, 0) is 18.6 Å². The maximum atomic E-state index is 12.0. The van der Waals surface area contributed by atoms with Crippen LogP contribution >= 0.6 is 0 Å². The zero-order valence-electron chi connectivity index (χ0n) is 10.5. The van der Waals surface area contributed by atoms with Crippen molar-refractivity contribution in [2.75, 3.05) is 0 Å². The molecule has 18 heavy (non-hydrogen) atoms. The van der Waals surface area contributed by atoms with Gasteiger partial charge in [-0.2, -0.15) is 0 Å². The van der Waals surface area contributed by atoms with Crippen molar-refractivity contribution in [3.8, 4) is 0 Å². The number of nitrogens with one attached hydrogen (secondary N) is 2. The molecule has 2 rings (SSSR count). The van der Waals surface area contributed by atoms with E-state index in [-0.39, 0.29) is 5.91 Å². The van der Waals surface area contributed by atoms with Gasteiger partial charge in [0.15, 0.2) is 0 Å². The summed E-state index contributed by atoms with van der Waals surface area (Å²) in [5.74, 6) is 0.462. The average molecular weight is 250 g/mol. The van der Waals surface area contributed by atoms with Crippen LogP contribution in [0.25, 0.3) is 0 Å². The molecule has 3 amide bonds. The van der Waals surface area contributed by atoms with Gasteiger partial charge < -0.3 is 9.73 Å². The number of hydrogen-bond acceptors (Lipinski definition) is 3. The summed E-state index contributed by atoms with van der Waals surface area (Å²) in [5, 5.41) is 5.07. The Morgan fingerprint density at radius 1 is 1.33 bits per heavy atom. The first-order valence-electron chi connectivity index (χ1n) is 6.32. The third-order valence-corrected chi connectivity index (χ3v) is 3.28. The number of hydrogen-bond donors (Lipinski definition) is 2. The molecule has 1 fully saturated rings. The molecule has 0 aliphatic carbocycles. The van der Waals surface area contributed by atoms with E-state index in [1.54, 1.807) is 12.3 Å². The SMILES string of the molecule is CCCCCC1(Cc2ccco2)NC(=O)NC1=O. The lowest BCUT2D eigenvalue weighted by molar-refractivity contribution is -0.124. The van der Waals surface area contributed by atoms with Crippen molar-refractivity contribution in [2.45, 2.75) is 44.6 Å². The van der Waals surface area contributed by atoms with Gasteiger partial charge in [-0.15, -0.1) is 0 Å². The highest BCUT2D eigenvalue weighted by Gasteiger charge is 2.46.